The first-order chi connectivity index (χ1) is 11.3. The van der Waals surface area contributed by atoms with Crippen molar-refractivity contribution in [2.24, 2.45) is 0 Å². The predicted molar refractivity (Wildman–Crippen MR) is 81.0 cm³/mol. The third-order valence-electron chi connectivity index (χ3n) is 4.18. The number of nitrogens with zero attached hydrogens (tertiary/aromatic N) is 1. The summed E-state index contributed by atoms with van der Waals surface area (Å²) in [7, 11) is 0. The second-order valence-corrected chi connectivity index (χ2v) is 5.88. The molecule has 1 atom stereocenters. The van der Waals surface area contributed by atoms with Gasteiger partial charge >= 0.3 is 0 Å². The van der Waals surface area contributed by atoms with Gasteiger partial charge in [0, 0.05) is 25.5 Å². The van der Waals surface area contributed by atoms with Crippen LogP contribution in [0.5, 0.6) is 5.88 Å². The maximum Gasteiger partial charge on any atom is 0.214 e. The van der Waals surface area contributed by atoms with E-state index < -0.39 is 5.67 Å². The molecule has 0 saturated carbocycles. The van der Waals surface area contributed by atoms with Gasteiger partial charge in [0.05, 0.1) is 25.5 Å². The molecule has 0 amide bonds. The van der Waals surface area contributed by atoms with Crippen LogP contribution in [0.15, 0.2) is 12.1 Å². The van der Waals surface area contributed by atoms with Gasteiger partial charge in [0.25, 0.3) is 0 Å². The second kappa shape index (κ2) is 8.04. The Kier molecular flexibility index (Phi) is 5.80. The second-order valence-electron chi connectivity index (χ2n) is 5.88. The number of rotatable bonds is 6. The summed E-state index contributed by atoms with van der Waals surface area (Å²) in [6.45, 7) is 2.36. The number of pyridine rings is 1. The normalized spacial score (nSPS) is 24.3. The SMILES string of the molecule is FC1(c2c[c]cc(OCCOC3CCCCO3)n2)CCOCC1. The van der Waals surface area contributed by atoms with Gasteiger partial charge in [-0.15, -0.1) is 0 Å². The minimum atomic E-state index is -1.44. The highest BCUT2D eigenvalue weighted by Crippen LogP contribution is 2.35. The van der Waals surface area contributed by atoms with Gasteiger partial charge in [0.2, 0.25) is 5.88 Å². The number of hydrogen-bond acceptors (Lipinski definition) is 5. The third-order valence-corrected chi connectivity index (χ3v) is 4.18. The first-order valence-corrected chi connectivity index (χ1v) is 8.28. The highest BCUT2D eigenvalue weighted by Gasteiger charge is 2.36. The van der Waals surface area contributed by atoms with E-state index in [-0.39, 0.29) is 6.29 Å². The van der Waals surface area contributed by atoms with Crippen molar-refractivity contribution in [3.8, 4) is 5.88 Å². The van der Waals surface area contributed by atoms with Crippen LogP contribution in [0.4, 0.5) is 4.39 Å². The molecule has 2 aliphatic rings. The van der Waals surface area contributed by atoms with Gasteiger partial charge in [0.1, 0.15) is 6.61 Å². The Morgan fingerprint density at radius 1 is 1.22 bits per heavy atom. The van der Waals surface area contributed by atoms with Crippen molar-refractivity contribution in [3.63, 3.8) is 0 Å². The zero-order chi connectivity index (χ0) is 16.0. The van der Waals surface area contributed by atoms with Crippen LogP contribution in [0, 0.1) is 6.07 Å². The Balaban J connectivity index is 1.47. The largest absolute Gasteiger partial charge is 0.475 e. The molecule has 5 nitrogen and oxygen atoms in total. The first kappa shape index (κ1) is 16.6. The Bertz CT molecular complexity index is 487. The average Bonchev–Trinajstić information content (AvgIpc) is 2.61. The minimum absolute atomic E-state index is 0.130. The van der Waals surface area contributed by atoms with Crippen LogP contribution in [0.25, 0.3) is 0 Å². The topological polar surface area (TPSA) is 49.8 Å². The number of hydrogen-bond donors (Lipinski definition) is 0. The van der Waals surface area contributed by atoms with Gasteiger partial charge in [0.15, 0.2) is 12.0 Å². The molecule has 1 radical (unpaired) electrons. The van der Waals surface area contributed by atoms with E-state index in [4.69, 9.17) is 18.9 Å². The zero-order valence-corrected chi connectivity index (χ0v) is 13.3. The first-order valence-electron chi connectivity index (χ1n) is 8.28. The van der Waals surface area contributed by atoms with E-state index in [1.54, 1.807) is 12.1 Å². The van der Waals surface area contributed by atoms with Gasteiger partial charge < -0.3 is 18.9 Å². The number of ether oxygens (including phenoxy) is 4. The summed E-state index contributed by atoms with van der Waals surface area (Å²) in [6, 6.07) is 6.11. The predicted octanol–water partition coefficient (Wildman–Crippen LogP) is 2.78. The van der Waals surface area contributed by atoms with Crippen LogP contribution in [-0.2, 0) is 19.9 Å². The lowest BCUT2D eigenvalue weighted by molar-refractivity contribution is -0.165. The molecular formula is C17H23FNO4. The van der Waals surface area contributed by atoms with Crippen LogP contribution < -0.4 is 4.74 Å². The lowest BCUT2D eigenvalue weighted by Gasteiger charge is -2.29. The Morgan fingerprint density at radius 3 is 2.87 bits per heavy atom. The molecular weight excluding hydrogens is 301 g/mol. The van der Waals surface area contributed by atoms with E-state index in [1.807, 2.05) is 0 Å². The summed E-state index contributed by atoms with van der Waals surface area (Å²) < 4.78 is 36.7. The molecule has 127 valence electrons. The molecule has 1 aromatic rings. The summed E-state index contributed by atoms with van der Waals surface area (Å²) in [5.41, 5.74) is -1.07. The molecule has 3 rings (SSSR count). The van der Waals surface area contributed by atoms with E-state index in [1.165, 1.54) is 0 Å². The van der Waals surface area contributed by atoms with Gasteiger partial charge in [-0.1, -0.05) is 0 Å². The van der Waals surface area contributed by atoms with Crippen LogP contribution >= 0.6 is 0 Å². The molecule has 2 saturated heterocycles. The van der Waals surface area contributed by atoms with Crippen LogP contribution in [0.3, 0.4) is 0 Å². The van der Waals surface area contributed by atoms with Crippen molar-refractivity contribution in [1.29, 1.82) is 0 Å². The molecule has 3 heterocycles. The van der Waals surface area contributed by atoms with Gasteiger partial charge in [-0.3, -0.25) is 0 Å². The smallest absolute Gasteiger partial charge is 0.214 e. The Labute approximate surface area is 136 Å². The number of alkyl halides is 1. The fourth-order valence-electron chi connectivity index (χ4n) is 2.80. The molecule has 0 aliphatic carbocycles. The monoisotopic (exact) mass is 324 g/mol. The molecule has 0 bridgehead atoms. The summed E-state index contributed by atoms with van der Waals surface area (Å²) in [5, 5.41) is 0. The van der Waals surface area contributed by atoms with Crippen LogP contribution in [0.2, 0.25) is 0 Å². The summed E-state index contributed by atoms with van der Waals surface area (Å²) in [4.78, 5) is 4.28. The highest BCUT2D eigenvalue weighted by molar-refractivity contribution is 5.20. The van der Waals surface area contributed by atoms with E-state index in [9.17, 15) is 4.39 Å². The fourth-order valence-corrected chi connectivity index (χ4v) is 2.80. The van der Waals surface area contributed by atoms with E-state index in [2.05, 4.69) is 11.1 Å². The summed E-state index contributed by atoms with van der Waals surface area (Å²) in [6.07, 6.45) is 3.66. The van der Waals surface area contributed by atoms with Gasteiger partial charge in [-0.25, -0.2) is 9.37 Å². The Morgan fingerprint density at radius 2 is 2.09 bits per heavy atom. The average molecular weight is 324 g/mol. The molecule has 6 heteroatoms. The van der Waals surface area contributed by atoms with Crippen molar-refractivity contribution < 1.29 is 23.3 Å². The molecule has 0 spiro atoms. The molecule has 23 heavy (non-hydrogen) atoms. The van der Waals surface area contributed by atoms with Gasteiger partial charge in [-0.05, 0) is 31.4 Å². The summed E-state index contributed by atoms with van der Waals surface area (Å²) in [5.74, 6) is 0.374. The van der Waals surface area contributed by atoms with E-state index in [0.717, 1.165) is 25.9 Å². The van der Waals surface area contributed by atoms with Crippen molar-refractivity contribution in [2.45, 2.75) is 44.1 Å². The molecule has 2 fully saturated rings. The number of aromatic nitrogens is 1. The fraction of sp³-hybridized carbons (Fsp3) is 0.706. The molecule has 1 aromatic heterocycles. The van der Waals surface area contributed by atoms with E-state index >= 15 is 0 Å². The molecule has 0 N–H and O–H groups in total. The molecule has 2 aliphatic heterocycles. The quantitative estimate of drug-likeness (QED) is 0.753. The molecule has 0 aromatic carbocycles. The van der Waals surface area contributed by atoms with Crippen LogP contribution in [-0.4, -0.2) is 44.3 Å². The summed E-state index contributed by atoms with van der Waals surface area (Å²) >= 11 is 0. The van der Waals surface area contributed by atoms with Crippen molar-refractivity contribution in [3.05, 3.63) is 23.9 Å². The third kappa shape index (κ3) is 4.62. The lowest BCUT2D eigenvalue weighted by Crippen LogP contribution is -2.30. The van der Waals surface area contributed by atoms with Crippen molar-refractivity contribution in [1.82, 2.24) is 4.98 Å². The standard InChI is InChI=1S/C17H23FNO4/c18-17(7-10-20-11-8-17)14-4-3-5-15(19-14)21-12-13-23-16-6-1-2-9-22-16/h4-5,16H,1-2,6-13H2. The van der Waals surface area contributed by atoms with Gasteiger partial charge in [-0.2, -0.15) is 0 Å². The molecule has 1 unspecified atom stereocenters. The Hall–Kier alpha value is -1.24. The maximum atomic E-state index is 14.9. The van der Waals surface area contributed by atoms with Crippen molar-refractivity contribution in [2.75, 3.05) is 33.0 Å². The van der Waals surface area contributed by atoms with E-state index in [0.29, 0.717) is 50.8 Å². The van der Waals surface area contributed by atoms with Crippen LogP contribution in [0.1, 0.15) is 37.8 Å². The minimum Gasteiger partial charge on any atom is -0.475 e. The van der Waals surface area contributed by atoms with Crippen molar-refractivity contribution >= 4 is 0 Å². The lowest BCUT2D eigenvalue weighted by atomic mass is 9.92. The highest BCUT2D eigenvalue weighted by atomic mass is 19.1. The zero-order valence-electron chi connectivity index (χ0n) is 13.3. The maximum absolute atomic E-state index is 14.9. The number of halogens is 1.